The molecular formula is C36H38Cl2N6O3. The summed E-state index contributed by atoms with van der Waals surface area (Å²) in [5, 5.41) is 12.0. The zero-order valence-corrected chi connectivity index (χ0v) is 28.2. The Labute approximate surface area is 284 Å². The lowest BCUT2D eigenvalue weighted by molar-refractivity contribution is -0.119. The zero-order valence-electron chi connectivity index (χ0n) is 26.7. The van der Waals surface area contributed by atoms with Crippen LogP contribution < -0.4 is 20.7 Å². The monoisotopic (exact) mass is 672 g/mol. The first kappa shape index (κ1) is 32.9. The molecule has 11 heteroatoms. The fourth-order valence-electron chi connectivity index (χ4n) is 6.09. The van der Waals surface area contributed by atoms with Crippen LogP contribution in [0.25, 0.3) is 44.5 Å². The van der Waals surface area contributed by atoms with Crippen molar-refractivity contribution in [1.29, 1.82) is 0 Å². The van der Waals surface area contributed by atoms with Gasteiger partial charge in [-0.25, -0.2) is 4.98 Å². The number of methoxy groups -OCH3 is 2. The lowest BCUT2D eigenvalue weighted by atomic mass is 9.99. The second-order valence-electron chi connectivity index (χ2n) is 11.7. The van der Waals surface area contributed by atoms with Gasteiger partial charge in [0.25, 0.3) is 0 Å². The van der Waals surface area contributed by atoms with E-state index in [0.717, 1.165) is 52.8 Å². The molecule has 1 fully saturated rings. The van der Waals surface area contributed by atoms with E-state index in [0.29, 0.717) is 53.4 Å². The van der Waals surface area contributed by atoms with Crippen LogP contribution in [0.3, 0.4) is 0 Å². The second-order valence-corrected chi connectivity index (χ2v) is 12.4. The minimum absolute atomic E-state index is 0.106. The van der Waals surface area contributed by atoms with E-state index in [9.17, 15) is 4.79 Å². The summed E-state index contributed by atoms with van der Waals surface area (Å²) in [5.41, 5.74) is 7.85. The predicted octanol–water partition coefficient (Wildman–Crippen LogP) is 6.39. The summed E-state index contributed by atoms with van der Waals surface area (Å²) in [4.78, 5) is 21.0. The van der Waals surface area contributed by atoms with E-state index in [1.54, 1.807) is 20.4 Å². The molecule has 0 aliphatic carbocycles. The Hall–Kier alpha value is -3.99. The first-order chi connectivity index (χ1) is 22.9. The van der Waals surface area contributed by atoms with Crippen LogP contribution in [-0.4, -0.2) is 60.4 Å². The van der Waals surface area contributed by atoms with Gasteiger partial charge in [0.15, 0.2) is 0 Å². The summed E-state index contributed by atoms with van der Waals surface area (Å²) >= 11 is 14.2. The van der Waals surface area contributed by atoms with Crippen LogP contribution in [0.1, 0.15) is 24.0 Å². The molecule has 5 aromatic rings. The number of pyridine rings is 2. The minimum Gasteiger partial charge on any atom is -0.481 e. The number of aryl methyl sites for hydroxylation is 1. The fourth-order valence-corrected chi connectivity index (χ4v) is 6.73. The Bertz CT molecular complexity index is 1910. The molecule has 0 radical (unpaired) electrons. The number of carbonyl (C=O) groups excluding carboxylic acids is 1. The Morgan fingerprint density at radius 2 is 1.79 bits per heavy atom. The highest BCUT2D eigenvalue weighted by Gasteiger charge is 2.21. The molecular weight excluding hydrogens is 635 g/mol. The first-order valence-corrected chi connectivity index (χ1v) is 16.4. The van der Waals surface area contributed by atoms with Crippen LogP contribution >= 0.6 is 23.2 Å². The van der Waals surface area contributed by atoms with E-state index in [1.807, 2.05) is 43.4 Å². The number of fused-ring (bicyclic) bond motifs is 1. The molecule has 1 atom stereocenters. The third kappa shape index (κ3) is 7.15. The van der Waals surface area contributed by atoms with Crippen LogP contribution in [0.2, 0.25) is 10.0 Å². The highest BCUT2D eigenvalue weighted by atomic mass is 35.5. The van der Waals surface area contributed by atoms with Crippen LogP contribution in [0, 0.1) is 0 Å². The number of nitrogens with one attached hydrogen (secondary N) is 3. The number of hydrogen-bond acceptors (Lipinski definition) is 7. The van der Waals surface area contributed by atoms with Crippen molar-refractivity contribution >= 4 is 40.0 Å². The maximum atomic E-state index is 11.5. The lowest BCUT2D eigenvalue weighted by Gasteiger charge is -2.15. The van der Waals surface area contributed by atoms with Gasteiger partial charge in [0.2, 0.25) is 11.8 Å². The predicted molar refractivity (Wildman–Crippen MR) is 188 cm³/mol. The Kier molecular flexibility index (Phi) is 10.4. The minimum atomic E-state index is 0.106. The first-order valence-electron chi connectivity index (χ1n) is 15.6. The Morgan fingerprint density at radius 1 is 0.979 bits per heavy atom. The standard InChI is InChI=1S/C36H38Cl2N6O3/c1-44-21-24(19-39-15-16-46-2)26-10-7-22(17-31(26)44)35-34(38)28(13-14-41-35)27-5-4-6-29(33(27)37)30-11-8-23(36(43-30)47-3)18-40-20-25-9-12-32(45)42-25/h4-8,10-11,13-14,17,21,25,39-40H,9,12,15-16,18-20H2,1-3H3,(H,42,45). The van der Waals surface area contributed by atoms with Crippen LogP contribution in [0.4, 0.5) is 0 Å². The van der Waals surface area contributed by atoms with Crippen LogP contribution in [0.5, 0.6) is 5.88 Å². The molecule has 1 aliphatic heterocycles. The summed E-state index contributed by atoms with van der Waals surface area (Å²) in [7, 11) is 5.36. The van der Waals surface area contributed by atoms with Crippen molar-refractivity contribution in [3.05, 3.63) is 88.2 Å². The molecule has 1 saturated heterocycles. The zero-order chi connectivity index (χ0) is 32.9. The number of hydrogen-bond donors (Lipinski definition) is 3. The quantitative estimate of drug-likeness (QED) is 0.125. The van der Waals surface area contributed by atoms with Gasteiger partial charge in [-0.05, 0) is 30.2 Å². The van der Waals surface area contributed by atoms with Gasteiger partial charge in [-0.2, -0.15) is 0 Å². The molecule has 2 aromatic carbocycles. The van der Waals surface area contributed by atoms with Crippen molar-refractivity contribution in [2.45, 2.75) is 32.0 Å². The van der Waals surface area contributed by atoms with Gasteiger partial charge in [0.05, 0.1) is 35.1 Å². The number of aromatic nitrogens is 3. The third-order valence-corrected chi connectivity index (χ3v) is 9.31. The molecule has 9 nitrogen and oxygen atoms in total. The molecule has 47 heavy (non-hydrogen) atoms. The lowest BCUT2D eigenvalue weighted by Crippen LogP contribution is -2.35. The largest absolute Gasteiger partial charge is 0.481 e. The number of rotatable bonds is 13. The van der Waals surface area contributed by atoms with E-state index in [2.05, 4.69) is 49.9 Å². The van der Waals surface area contributed by atoms with Crippen LogP contribution in [0.15, 0.2) is 67.0 Å². The van der Waals surface area contributed by atoms with Crippen molar-refractivity contribution in [3.8, 4) is 39.5 Å². The van der Waals surface area contributed by atoms with Crippen LogP contribution in [-0.2, 0) is 29.7 Å². The van der Waals surface area contributed by atoms with E-state index >= 15 is 0 Å². The molecule has 1 unspecified atom stereocenters. The number of halogens is 2. The van der Waals surface area contributed by atoms with Gasteiger partial charge in [0.1, 0.15) is 0 Å². The number of ether oxygens (including phenoxy) is 2. The summed E-state index contributed by atoms with van der Waals surface area (Å²) in [6.07, 6.45) is 5.33. The fraction of sp³-hybridized carbons (Fsp3) is 0.306. The van der Waals surface area contributed by atoms with Crippen molar-refractivity contribution in [3.63, 3.8) is 0 Å². The molecule has 3 N–H and O–H groups in total. The summed E-state index contributed by atoms with van der Waals surface area (Å²) < 4.78 is 12.9. The summed E-state index contributed by atoms with van der Waals surface area (Å²) in [6, 6.07) is 18.1. The van der Waals surface area contributed by atoms with Crippen molar-refractivity contribution in [2.75, 3.05) is 33.9 Å². The SMILES string of the molecule is COCCNCc1cn(C)c2cc(-c3nccc(-c4cccc(-c5ccc(CNCC6CCC(=O)N6)c(OC)n5)c4Cl)c3Cl)ccc12. The number of nitrogens with zero attached hydrogens (tertiary/aromatic N) is 3. The third-order valence-electron chi connectivity index (χ3n) is 8.52. The molecule has 1 amide bonds. The smallest absolute Gasteiger partial charge is 0.220 e. The number of benzene rings is 2. The van der Waals surface area contributed by atoms with Gasteiger partial charge in [-0.3, -0.25) is 9.78 Å². The van der Waals surface area contributed by atoms with Gasteiger partial charge < -0.3 is 30.0 Å². The van der Waals surface area contributed by atoms with Crippen molar-refractivity contribution < 1.29 is 14.3 Å². The molecule has 0 spiro atoms. The van der Waals surface area contributed by atoms with Crippen molar-refractivity contribution in [1.82, 2.24) is 30.5 Å². The van der Waals surface area contributed by atoms with E-state index in [1.165, 1.54) is 10.9 Å². The highest BCUT2D eigenvalue weighted by Crippen LogP contribution is 2.42. The highest BCUT2D eigenvalue weighted by molar-refractivity contribution is 6.39. The summed E-state index contributed by atoms with van der Waals surface area (Å²) in [5.74, 6) is 0.621. The number of amides is 1. The average molecular weight is 674 g/mol. The maximum absolute atomic E-state index is 11.5. The number of carbonyl (C=O) groups is 1. The maximum Gasteiger partial charge on any atom is 0.220 e. The second kappa shape index (κ2) is 14.8. The van der Waals surface area contributed by atoms with E-state index < -0.39 is 0 Å². The van der Waals surface area contributed by atoms with Gasteiger partial charge in [-0.15, -0.1) is 0 Å². The van der Waals surface area contributed by atoms with E-state index in [4.69, 9.17) is 37.7 Å². The molecule has 3 aromatic heterocycles. The van der Waals surface area contributed by atoms with Gasteiger partial charge >= 0.3 is 0 Å². The summed E-state index contributed by atoms with van der Waals surface area (Å²) in [6.45, 7) is 3.46. The Morgan fingerprint density at radius 3 is 2.57 bits per heavy atom. The van der Waals surface area contributed by atoms with Gasteiger partial charge in [-0.1, -0.05) is 59.6 Å². The van der Waals surface area contributed by atoms with Gasteiger partial charge in [0, 0.05) is 104 Å². The van der Waals surface area contributed by atoms with E-state index in [-0.39, 0.29) is 11.9 Å². The molecule has 0 bridgehead atoms. The van der Waals surface area contributed by atoms with Crippen molar-refractivity contribution in [2.24, 2.45) is 7.05 Å². The topological polar surface area (TPSA) is 102 Å². The molecule has 4 heterocycles. The molecule has 6 rings (SSSR count). The molecule has 0 saturated carbocycles. The molecule has 244 valence electrons. The average Bonchev–Trinajstić information content (AvgIpc) is 3.64. The Balaban J connectivity index is 1.25. The molecule has 1 aliphatic rings. The normalized spacial score (nSPS) is 14.6.